The van der Waals surface area contributed by atoms with Crippen molar-refractivity contribution >= 4 is 5.69 Å². The summed E-state index contributed by atoms with van der Waals surface area (Å²) in [4.78, 5) is 4.59. The van der Waals surface area contributed by atoms with E-state index in [0.29, 0.717) is 6.42 Å². The quantitative estimate of drug-likeness (QED) is 0.859. The molecule has 4 rings (SSSR count). The molecule has 0 unspecified atom stereocenters. The van der Waals surface area contributed by atoms with E-state index in [1.54, 1.807) is 18.2 Å². The first-order valence-corrected chi connectivity index (χ1v) is 9.52. The van der Waals surface area contributed by atoms with Gasteiger partial charge in [-0.2, -0.15) is 0 Å². The van der Waals surface area contributed by atoms with Crippen molar-refractivity contribution in [1.82, 2.24) is 4.90 Å². The number of nitrogens with two attached hydrogens (primary N) is 1. The van der Waals surface area contributed by atoms with Crippen LogP contribution >= 0.6 is 0 Å². The predicted octanol–water partition coefficient (Wildman–Crippen LogP) is 1.86. The van der Waals surface area contributed by atoms with E-state index in [2.05, 4.69) is 21.9 Å². The van der Waals surface area contributed by atoms with Gasteiger partial charge in [-0.25, -0.2) is 4.39 Å². The van der Waals surface area contributed by atoms with Crippen molar-refractivity contribution in [3.05, 3.63) is 60.4 Å². The number of hydrogen-bond donors (Lipinski definition) is 2. The molecule has 2 fully saturated rings. The second-order valence-corrected chi connectivity index (χ2v) is 7.33. The van der Waals surface area contributed by atoms with Gasteiger partial charge in [0.25, 0.3) is 0 Å². The minimum Gasteiger partial charge on any atom is -0.485 e. The molecule has 27 heavy (non-hydrogen) atoms. The first kappa shape index (κ1) is 18.2. The zero-order valence-electron chi connectivity index (χ0n) is 15.2. The molecule has 1 aliphatic carbocycles. The Morgan fingerprint density at radius 2 is 1.63 bits per heavy atom. The fourth-order valence-corrected chi connectivity index (χ4v) is 4.25. The molecule has 1 aliphatic heterocycles. The van der Waals surface area contributed by atoms with Gasteiger partial charge in [0.15, 0.2) is 11.6 Å². The summed E-state index contributed by atoms with van der Waals surface area (Å²) in [7, 11) is 0. The van der Waals surface area contributed by atoms with Crippen LogP contribution < -0.4 is 15.4 Å². The molecule has 6 heteroatoms. The number of para-hydroxylation sites is 2. The molecule has 0 aromatic heterocycles. The second kappa shape index (κ2) is 7.84. The Bertz CT molecular complexity index is 752. The molecule has 2 aliphatic rings. The monoisotopic (exact) mass is 371 g/mol. The van der Waals surface area contributed by atoms with Crippen LogP contribution in [0.15, 0.2) is 54.6 Å². The Labute approximate surface area is 159 Å². The number of nitrogens with zero attached hydrogens (tertiary/aromatic N) is 2. The summed E-state index contributed by atoms with van der Waals surface area (Å²) < 4.78 is 19.6. The lowest BCUT2D eigenvalue weighted by Crippen LogP contribution is -2.57. The van der Waals surface area contributed by atoms with Gasteiger partial charge in [0.1, 0.15) is 12.2 Å². The van der Waals surface area contributed by atoms with Crippen molar-refractivity contribution in [3.63, 3.8) is 0 Å². The molecule has 4 atom stereocenters. The minimum atomic E-state index is -0.733. The highest BCUT2D eigenvalue weighted by molar-refractivity contribution is 5.46. The molecule has 1 heterocycles. The van der Waals surface area contributed by atoms with Gasteiger partial charge >= 0.3 is 0 Å². The topological polar surface area (TPSA) is 62.0 Å². The van der Waals surface area contributed by atoms with E-state index < -0.39 is 18.0 Å². The fourth-order valence-electron chi connectivity index (χ4n) is 4.25. The van der Waals surface area contributed by atoms with E-state index in [9.17, 15) is 9.50 Å². The number of benzene rings is 2. The number of halogens is 1. The molecular weight excluding hydrogens is 345 g/mol. The maximum absolute atomic E-state index is 13.9. The second-order valence-electron chi connectivity index (χ2n) is 7.33. The maximum Gasteiger partial charge on any atom is 0.165 e. The third-order valence-corrected chi connectivity index (χ3v) is 5.65. The number of piperazine rings is 1. The number of hydrogen-bond acceptors (Lipinski definition) is 5. The molecule has 0 radical (unpaired) electrons. The molecule has 0 amide bonds. The van der Waals surface area contributed by atoms with Gasteiger partial charge in [-0.15, -0.1) is 0 Å². The van der Waals surface area contributed by atoms with E-state index in [-0.39, 0.29) is 17.8 Å². The van der Waals surface area contributed by atoms with E-state index in [1.165, 1.54) is 11.8 Å². The van der Waals surface area contributed by atoms with Crippen molar-refractivity contribution in [1.29, 1.82) is 0 Å². The van der Waals surface area contributed by atoms with Crippen LogP contribution in [0.1, 0.15) is 6.42 Å². The Kier molecular flexibility index (Phi) is 5.29. The molecular formula is C21H26FN3O2. The average molecular weight is 371 g/mol. The lowest BCUT2D eigenvalue weighted by molar-refractivity contribution is 0.00558. The van der Waals surface area contributed by atoms with E-state index in [0.717, 1.165) is 26.2 Å². The molecule has 2 aromatic rings. The van der Waals surface area contributed by atoms with Crippen LogP contribution in [0, 0.1) is 5.82 Å². The van der Waals surface area contributed by atoms with Crippen molar-refractivity contribution in [2.45, 2.75) is 30.7 Å². The maximum atomic E-state index is 13.9. The molecule has 2 aromatic carbocycles. The van der Waals surface area contributed by atoms with E-state index in [4.69, 9.17) is 10.5 Å². The average Bonchev–Trinajstić information content (AvgIpc) is 2.98. The van der Waals surface area contributed by atoms with E-state index >= 15 is 0 Å². The lowest BCUT2D eigenvalue weighted by Gasteiger charge is -2.41. The zero-order chi connectivity index (χ0) is 18.8. The van der Waals surface area contributed by atoms with Gasteiger partial charge in [-0.05, 0) is 24.3 Å². The van der Waals surface area contributed by atoms with Crippen LogP contribution in [0.2, 0.25) is 0 Å². The molecule has 0 spiro atoms. The van der Waals surface area contributed by atoms with Gasteiger partial charge in [0.05, 0.1) is 6.04 Å². The normalized spacial score (nSPS) is 29.1. The van der Waals surface area contributed by atoms with Crippen LogP contribution in [0.3, 0.4) is 0 Å². The molecule has 144 valence electrons. The molecule has 5 nitrogen and oxygen atoms in total. The van der Waals surface area contributed by atoms with Gasteiger partial charge in [0.2, 0.25) is 0 Å². The molecule has 3 N–H and O–H groups in total. The Morgan fingerprint density at radius 1 is 0.963 bits per heavy atom. The van der Waals surface area contributed by atoms with Crippen molar-refractivity contribution in [3.8, 4) is 5.75 Å². The van der Waals surface area contributed by atoms with Crippen LogP contribution in [-0.2, 0) is 0 Å². The molecule has 1 saturated carbocycles. The summed E-state index contributed by atoms with van der Waals surface area (Å²) in [6, 6.07) is 16.3. The summed E-state index contributed by atoms with van der Waals surface area (Å²) in [6.45, 7) is 3.44. The van der Waals surface area contributed by atoms with Crippen LogP contribution in [-0.4, -0.2) is 60.5 Å². The fraction of sp³-hybridized carbons (Fsp3) is 0.429. The first-order valence-electron chi connectivity index (χ1n) is 9.52. The molecule has 1 saturated heterocycles. The Balaban J connectivity index is 1.39. The summed E-state index contributed by atoms with van der Waals surface area (Å²) in [5.41, 5.74) is 7.56. The third-order valence-electron chi connectivity index (χ3n) is 5.65. The van der Waals surface area contributed by atoms with Gasteiger partial charge in [-0.1, -0.05) is 30.3 Å². The highest BCUT2D eigenvalue weighted by Gasteiger charge is 2.45. The van der Waals surface area contributed by atoms with Gasteiger partial charge in [-0.3, -0.25) is 4.90 Å². The Hall–Kier alpha value is -2.15. The van der Waals surface area contributed by atoms with Gasteiger partial charge in [0, 0.05) is 44.3 Å². The first-order chi connectivity index (χ1) is 13.1. The number of aliphatic hydroxyl groups is 1. The van der Waals surface area contributed by atoms with Gasteiger partial charge < -0.3 is 20.5 Å². The largest absolute Gasteiger partial charge is 0.485 e. The van der Waals surface area contributed by atoms with Crippen LogP contribution in [0.25, 0.3) is 0 Å². The minimum absolute atomic E-state index is 0.167. The van der Waals surface area contributed by atoms with Crippen LogP contribution in [0.5, 0.6) is 5.75 Å². The van der Waals surface area contributed by atoms with E-state index in [1.807, 2.05) is 18.2 Å². The smallest absolute Gasteiger partial charge is 0.165 e. The number of rotatable bonds is 4. The summed E-state index contributed by atoms with van der Waals surface area (Å²) in [6.07, 6.45) is -0.712. The lowest BCUT2D eigenvalue weighted by atomic mass is 10.1. The number of aliphatic hydroxyl groups excluding tert-OH is 1. The zero-order valence-corrected chi connectivity index (χ0v) is 15.2. The highest BCUT2D eigenvalue weighted by atomic mass is 19.1. The Morgan fingerprint density at radius 3 is 2.33 bits per heavy atom. The predicted molar refractivity (Wildman–Crippen MR) is 103 cm³/mol. The molecule has 0 bridgehead atoms. The standard InChI is InChI=1S/C21H26FN3O2/c22-16-8-4-5-9-18(16)27-19-14-17(23)20(21(19)26)25-12-10-24(11-13-25)15-6-2-1-3-7-15/h1-9,17,19-21,26H,10-14,23H2/t17-,19-,20+,21+/m1/s1. The third kappa shape index (κ3) is 3.78. The number of anilines is 1. The summed E-state index contributed by atoms with van der Waals surface area (Å²) in [5, 5.41) is 10.8. The van der Waals surface area contributed by atoms with Crippen molar-refractivity contribution < 1.29 is 14.2 Å². The summed E-state index contributed by atoms with van der Waals surface area (Å²) >= 11 is 0. The highest BCUT2D eigenvalue weighted by Crippen LogP contribution is 2.30. The van der Waals surface area contributed by atoms with Crippen molar-refractivity contribution in [2.75, 3.05) is 31.1 Å². The summed E-state index contributed by atoms with van der Waals surface area (Å²) in [5.74, 6) is -0.249. The van der Waals surface area contributed by atoms with Crippen LogP contribution in [0.4, 0.5) is 10.1 Å². The SMILES string of the molecule is N[C@@H]1C[C@@H](Oc2ccccc2F)[C@H](O)[C@H]1N1CCN(c2ccccc2)CC1. The number of ether oxygens (including phenoxy) is 1. The van der Waals surface area contributed by atoms with Crippen molar-refractivity contribution in [2.24, 2.45) is 5.73 Å².